The minimum absolute atomic E-state index is 0.200. The molecule has 0 aliphatic heterocycles. The Morgan fingerprint density at radius 3 is 2.40 bits per heavy atom. The second kappa shape index (κ2) is 4.05. The molecule has 0 aliphatic carbocycles. The molecule has 0 aromatic rings. The summed E-state index contributed by atoms with van der Waals surface area (Å²) in [5.74, 6) is 0. The molecule has 0 radical (unpaired) electrons. The van der Waals surface area contributed by atoms with Gasteiger partial charge in [-0.15, -0.1) is 0 Å². The topological polar surface area (TPSA) is 89.8 Å². The van der Waals surface area contributed by atoms with E-state index in [0.717, 1.165) is 0 Å². The molecule has 0 aromatic carbocycles. The fourth-order valence-corrected chi connectivity index (χ4v) is 0.839. The Balaban J connectivity index is 3.30. The van der Waals surface area contributed by atoms with E-state index in [4.69, 9.17) is 14.9 Å². The van der Waals surface area contributed by atoms with Gasteiger partial charge < -0.3 is 20.2 Å². The predicted molar refractivity (Wildman–Crippen MR) is 36.6 cm³/mol. The highest BCUT2D eigenvalue weighted by molar-refractivity contribution is 7.51. The van der Waals surface area contributed by atoms with Crippen molar-refractivity contribution in [1.82, 2.24) is 5.32 Å². The Labute approximate surface area is 59.2 Å². The molecule has 0 aromatic heterocycles. The smallest absolute Gasteiger partial charge is 0.339 e. The van der Waals surface area contributed by atoms with Gasteiger partial charge in [0.25, 0.3) is 0 Å². The number of aliphatic hydroxyl groups is 1. The van der Waals surface area contributed by atoms with Crippen LogP contribution in [0.15, 0.2) is 0 Å². The van der Waals surface area contributed by atoms with Crippen LogP contribution in [-0.2, 0) is 4.57 Å². The monoisotopic (exact) mass is 169 g/mol. The third-order valence-electron chi connectivity index (χ3n) is 0.758. The molecule has 0 aliphatic rings. The SMILES string of the molecule is CC(O)CNCP(=O)(O)O. The summed E-state index contributed by atoms with van der Waals surface area (Å²) in [5, 5.41) is 11.0. The van der Waals surface area contributed by atoms with E-state index in [-0.39, 0.29) is 12.8 Å². The standard InChI is InChI=1S/C4H12NO4P/c1-4(6)2-5-3-10(7,8)9/h4-6H,2-3H2,1H3,(H2,7,8,9). The minimum atomic E-state index is -3.94. The molecule has 62 valence electrons. The molecule has 0 fully saturated rings. The summed E-state index contributed by atoms with van der Waals surface area (Å²) in [6.45, 7) is 1.73. The quantitative estimate of drug-likeness (QED) is 0.409. The Kier molecular flexibility index (Phi) is 4.08. The van der Waals surface area contributed by atoms with Crippen LogP contribution in [0.1, 0.15) is 6.92 Å². The lowest BCUT2D eigenvalue weighted by atomic mass is 10.4. The molecule has 0 saturated carbocycles. The maximum atomic E-state index is 10.2. The Morgan fingerprint density at radius 1 is 1.60 bits per heavy atom. The highest BCUT2D eigenvalue weighted by atomic mass is 31.2. The normalized spacial score (nSPS) is 15.2. The zero-order chi connectivity index (χ0) is 8.20. The number of nitrogens with one attached hydrogen (secondary N) is 1. The molecule has 0 heterocycles. The van der Waals surface area contributed by atoms with Crippen molar-refractivity contribution >= 4 is 7.60 Å². The maximum absolute atomic E-state index is 10.2. The van der Waals surface area contributed by atoms with Gasteiger partial charge in [0.15, 0.2) is 0 Å². The number of rotatable bonds is 4. The van der Waals surface area contributed by atoms with Crippen molar-refractivity contribution < 1.29 is 19.5 Å². The third-order valence-corrected chi connectivity index (χ3v) is 1.39. The predicted octanol–water partition coefficient (Wildman–Crippen LogP) is -0.908. The van der Waals surface area contributed by atoms with Crippen LogP contribution in [0.4, 0.5) is 0 Å². The molecule has 1 unspecified atom stereocenters. The number of hydrogen-bond acceptors (Lipinski definition) is 3. The first-order chi connectivity index (χ1) is 4.42. The molecule has 0 saturated heterocycles. The summed E-state index contributed by atoms with van der Waals surface area (Å²) in [7, 11) is -3.94. The van der Waals surface area contributed by atoms with Crippen LogP contribution in [0.5, 0.6) is 0 Å². The Hall–Kier alpha value is 0.0700. The zero-order valence-electron chi connectivity index (χ0n) is 5.69. The van der Waals surface area contributed by atoms with E-state index >= 15 is 0 Å². The summed E-state index contributed by atoms with van der Waals surface area (Å²) in [6, 6.07) is 0. The van der Waals surface area contributed by atoms with Gasteiger partial charge in [-0.2, -0.15) is 0 Å². The van der Waals surface area contributed by atoms with E-state index in [2.05, 4.69) is 5.32 Å². The summed E-state index contributed by atoms with van der Waals surface area (Å²) in [4.78, 5) is 16.6. The van der Waals surface area contributed by atoms with E-state index in [9.17, 15) is 4.57 Å². The van der Waals surface area contributed by atoms with Gasteiger partial charge >= 0.3 is 7.60 Å². The van der Waals surface area contributed by atoms with E-state index in [1.54, 1.807) is 0 Å². The van der Waals surface area contributed by atoms with Crippen molar-refractivity contribution in [3.63, 3.8) is 0 Å². The van der Waals surface area contributed by atoms with Crippen LogP contribution in [0.3, 0.4) is 0 Å². The van der Waals surface area contributed by atoms with Crippen molar-refractivity contribution in [2.45, 2.75) is 13.0 Å². The van der Waals surface area contributed by atoms with Gasteiger partial charge in [0.2, 0.25) is 0 Å². The Morgan fingerprint density at radius 2 is 2.10 bits per heavy atom. The molecule has 10 heavy (non-hydrogen) atoms. The van der Waals surface area contributed by atoms with Crippen molar-refractivity contribution in [2.24, 2.45) is 0 Å². The number of aliphatic hydroxyl groups excluding tert-OH is 1. The molecular weight excluding hydrogens is 157 g/mol. The lowest BCUT2D eigenvalue weighted by molar-refractivity contribution is 0.192. The molecule has 4 N–H and O–H groups in total. The molecule has 0 bridgehead atoms. The first kappa shape index (κ1) is 10.1. The Bertz CT molecular complexity index is 131. The van der Waals surface area contributed by atoms with E-state index in [0.29, 0.717) is 0 Å². The summed E-state index contributed by atoms with van der Waals surface area (Å²) >= 11 is 0. The summed E-state index contributed by atoms with van der Waals surface area (Å²) < 4.78 is 10.2. The van der Waals surface area contributed by atoms with Gasteiger partial charge in [-0.05, 0) is 6.92 Å². The second-order valence-corrected chi connectivity index (χ2v) is 3.77. The van der Waals surface area contributed by atoms with Crippen molar-refractivity contribution in [3.05, 3.63) is 0 Å². The number of hydrogen-bond donors (Lipinski definition) is 4. The highest BCUT2D eigenvalue weighted by Gasteiger charge is 2.11. The molecule has 1 atom stereocenters. The van der Waals surface area contributed by atoms with Crippen molar-refractivity contribution in [3.8, 4) is 0 Å². The van der Waals surface area contributed by atoms with Crippen molar-refractivity contribution in [1.29, 1.82) is 0 Å². The fourth-order valence-electron chi connectivity index (χ4n) is 0.419. The first-order valence-corrected chi connectivity index (χ1v) is 4.65. The lowest BCUT2D eigenvalue weighted by Gasteiger charge is -2.06. The molecule has 5 nitrogen and oxygen atoms in total. The van der Waals surface area contributed by atoms with Crippen LogP contribution >= 0.6 is 7.60 Å². The molecule has 0 amide bonds. The summed E-state index contributed by atoms with van der Waals surface area (Å²) in [6.07, 6.45) is -0.954. The van der Waals surface area contributed by atoms with Gasteiger partial charge in [-0.25, -0.2) is 0 Å². The van der Waals surface area contributed by atoms with Gasteiger partial charge in [0, 0.05) is 6.54 Å². The average Bonchev–Trinajstić information content (AvgIpc) is 1.59. The van der Waals surface area contributed by atoms with E-state index in [1.807, 2.05) is 0 Å². The second-order valence-electron chi connectivity index (χ2n) is 2.13. The van der Waals surface area contributed by atoms with Crippen LogP contribution in [-0.4, -0.2) is 33.8 Å². The van der Waals surface area contributed by atoms with Crippen molar-refractivity contribution in [2.75, 3.05) is 12.8 Å². The minimum Gasteiger partial charge on any atom is -0.392 e. The summed E-state index contributed by atoms with van der Waals surface area (Å²) in [5.41, 5.74) is 0. The van der Waals surface area contributed by atoms with Gasteiger partial charge in [-0.1, -0.05) is 0 Å². The fraction of sp³-hybridized carbons (Fsp3) is 1.00. The van der Waals surface area contributed by atoms with Gasteiger partial charge in [0.1, 0.15) is 0 Å². The molecule has 0 spiro atoms. The first-order valence-electron chi connectivity index (χ1n) is 2.85. The zero-order valence-corrected chi connectivity index (χ0v) is 6.58. The molecular formula is C4H12NO4P. The molecule has 0 rings (SSSR count). The third kappa shape index (κ3) is 8.07. The molecule has 6 heteroatoms. The van der Waals surface area contributed by atoms with Crippen LogP contribution < -0.4 is 5.32 Å². The van der Waals surface area contributed by atoms with Crippen LogP contribution in [0.2, 0.25) is 0 Å². The maximum Gasteiger partial charge on any atom is 0.339 e. The van der Waals surface area contributed by atoms with E-state index < -0.39 is 13.7 Å². The largest absolute Gasteiger partial charge is 0.392 e. The van der Waals surface area contributed by atoms with E-state index in [1.165, 1.54) is 6.92 Å². The van der Waals surface area contributed by atoms with Gasteiger partial charge in [-0.3, -0.25) is 4.57 Å². The van der Waals surface area contributed by atoms with Crippen LogP contribution in [0, 0.1) is 0 Å². The highest BCUT2D eigenvalue weighted by Crippen LogP contribution is 2.31. The van der Waals surface area contributed by atoms with Gasteiger partial charge in [0.05, 0.1) is 12.4 Å². The van der Waals surface area contributed by atoms with Crippen LogP contribution in [0.25, 0.3) is 0 Å². The average molecular weight is 169 g/mol. The lowest BCUT2D eigenvalue weighted by Crippen LogP contribution is -2.25.